The zero-order chi connectivity index (χ0) is 19.4. The summed E-state index contributed by atoms with van der Waals surface area (Å²) in [7, 11) is -3.65. The molecule has 7 heteroatoms. The van der Waals surface area contributed by atoms with Crippen LogP contribution < -0.4 is 9.46 Å². The van der Waals surface area contributed by atoms with Crippen LogP contribution >= 0.6 is 0 Å². The van der Waals surface area contributed by atoms with Gasteiger partial charge in [0.15, 0.2) is 5.78 Å². The highest BCUT2D eigenvalue weighted by Gasteiger charge is 2.27. The molecule has 6 nitrogen and oxygen atoms in total. The maximum atomic E-state index is 12.6. The van der Waals surface area contributed by atoms with E-state index in [2.05, 4.69) is 9.71 Å². The summed E-state index contributed by atoms with van der Waals surface area (Å²) in [6, 6.07) is 9.80. The van der Waals surface area contributed by atoms with E-state index in [1.807, 2.05) is 19.1 Å². The lowest BCUT2D eigenvalue weighted by atomic mass is 9.94. The first-order chi connectivity index (χ1) is 12.8. The number of carbonyl (C=O) groups excluding carboxylic acids is 1. The SMILES string of the molecule is CC(=O)c1cccc(S(=O)(=O)NC2CCC(Oc3ccc(C)cn3)CC2)c1. The average Bonchev–Trinajstić information content (AvgIpc) is 2.65. The highest BCUT2D eigenvalue weighted by molar-refractivity contribution is 7.89. The number of benzene rings is 1. The highest BCUT2D eigenvalue weighted by atomic mass is 32.2. The van der Waals surface area contributed by atoms with Gasteiger partial charge in [0.05, 0.1) is 4.90 Å². The normalized spacial score (nSPS) is 20.2. The number of nitrogens with zero attached hydrogens (tertiary/aromatic N) is 1. The Morgan fingerprint density at radius 3 is 2.52 bits per heavy atom. The van der Waals surface area contributed by atoms with Crippen molar-refractivity contribution in [3.8, 4) is 5.88 Å². The van der Waals surface area contributed by atoms with Crippen LogP contribution in [-0.2, 0) is 10.0 Å². The maximum absolute atomic E-state index is 12.6. The van der Waals surface area contributed by atoms with Crippen LogP contribution in [0.15, 0.2) is 47.5 Å². The molecule has 0 aliphatic heterocycles. The standard InChI is InChI=1S/C20H24N2O4S/c1-14-6-11-20(21-13-14)26-18-9-7-17(8-10-18)22-27(24,25)19-5-3-4-16(12-19)15(2)23/h3-6,11-13,17-18,22H,7-10H2,1-2H3. The van der Waals surface area contributed by atoms with Gasteiger partial charge < -0.3 is 4.74 Å². The number of Topliss-reactive ketones (excluding diaryl/α,β-unsaturated/α-hetero) is 1. The molecule has 1 aromatic heterocycles. The summed E-state index contributed by atoms with van der Waals surface area (Å²) >= 11 is 0. The predicted molar refractivity (Wildman–Crippen MR) is 102 cm³/mol. The van der Waals surface area contributed by atoms with Gasteiger partial charge in [-0.1, -0.05) is 18.2 Å². The molecule has 0 bridgehead atoms. The second kappa shape index (κ2) is 8.19. The lowest BCUT2D eigenvalue weighted by Crippen LogP contribution is -2.39. The number of rotatable bonds is 6. The fraction of sp³-hybridized carbons (Fsp3) is 0.400. The van der Waals surface area contributed by atoms with Gasteiger partial charge in [-0.05, 0) is 57.2 Å². The zero-order valence-corrected chi connectivity index (χ0v) is 16.3. The van der Waals surface area contributed by atoms with Crippen molar-refractivity contribution < 1.29 is 17.9 Å². The Hall–Kier alpha value is -2.25. The Balaban J connectivity index is 1.57. The molecule has 0 unspecified atom stereocenters. The fourth-order valence-electron chi connectivity index (χ4n) is 3.16. The third-order valence-electron chi connectivity index (χ3n) is 4.72. The molecule has 1 saturated carbocycles. The van der Waals surface area contributed by atoms with E-state index < -0.39 is 10.0 Å². The van der Waals surface area contributed by atoms with Crippen molar-refractivity contribution in [3.05, 3.63) is 53.7 Å². The van der Waals surface area contributed by atoms with Gasteiger partial charge in [-0.3, -0.25) is 4.79 Å². The van der Waals surface area contributed by atoms with Crippen LogP contribution in [0.4, 0.5) is 0 Å². The largest absolute Gasteiger partial charge is 0.474 e. The summed E-state index contributed by atoms with van der Waals surface area (Å²) in [5, 5.41) is 0. The van der Waals surface area contributed by atoms with Crippen LogP contribution in [-0.4, -0.2) is 31.3 Å². The van der Waals surface area contributed by atoms with Crippen LogP contribution in [0.1, 0.15) is 48.5 Å². The predicted octanol–water partition coefficient (Wildman–Crippen LogP) is 3.26. The van der Waals surface area contributed by atoms with Crippen molar-refractivity contribution in [2.24, 2.45) is 0 Å². The molecule has 0 amide bonds. The van der Waals surface area contributed by atoms with Crippen molar-refractivity contribution in [3.63, 3.8) is 0 Å². The molecule has 3 rings (SSSR count). The summed E-state index contributed by atoms with van der Waals surface area (Å²) in [5.74, 6) is 0.445. The minimum Gasteiger partial charge on any atom is -0.474 e. The van der Waals surface area contributed by atoms with Gasteiger partial charge in [0.2, 0.25) is 15.9 Å². The van der Waals surface area contributed by atoms with E-state index in [4.69, 9.17) is 4.74 Å². The van der Waals surface area contributed by atoms with Crippen molar-refractivity contribution >= 4 is 15.8 Å². The van der Waals surface area contributed by atoms with Crippen molar-refractivity contribution in [1.82, 2.24) is 9.71 Å². The molecule has 1 N–H and O–H groups in total. The number of sulfonamides is 1. The van der Waals surface area contributed by atoms with Crippen LogP contribution in [0, 0.1) is 6.92 Å². The Morgan fingerprint density at radius 2 is 1.89 bits per heavy atom. The number of hydrogen-bond donors (Lipinski definition) is 1. The van der Waals surface area contributed by atoms with Gasteiger partial charge in [-0.2, -0.15) is 0 Å². The molecule has 1 aliphatic rings. The van der Waals surface area contributed by atoms with Gasteiger partial charge in [0, 0.05) is 23.9 Å². The molecule has 0 spiro atoms. The maximum Gasteiger partial charge on any atom is 0.240 e. The van der Waals surface area contributed by atoms with E-state index >= 15 is 0 Å². The molecular weight excluding hydrogens is 364 g/mol. The van der Waals surface area contributed by atoms with Gasteiger partial charge in [0.25, 0.3) is 0 Å². The zero-order valence-electron chi connectivity index (χ0n) is 15.5. The number of pyridine rings is 1. The number of aryl methyl sites for hydroxylation is 1. The van der Waals surface area contributed by atoms with E-state index in [1.54, 1.807) is 18.3 Å². The number of aromatic nitrogens is 1. The Morgan fingerprint density at radius 1 is 1.15 bits per heavy atom. The molecule has 27 heavy (non-hydrogen) atoms. The highest BCUT2D eigenvalue weighted by Crippen LogP contribution is 2.24. The van der Waals surface area contributed by atoms with Crippen LogP contribution in [0.25, 0.3) is 0 Å². The van der Waals surface area contributed by atoms with Crippen LogP contribution in [0.3, 0.4) is 0 Å². The van der Waals surface area contributed by atoms with Crippen molar-refractivity contribution in [2.75, 3.05) is 0 Å². The molecular formula is C20H24N2O4S. The van der Waals surface area contributed by atoms with E-state index in [1.165, 1.54) is 19.1 Å². The second-order valence-corrected chi connectivity index (χ2v) is 8.68. The first-order valence-corrected chi connectivity index (χ1v) is 10.5. The van der Waals surface area contributed by atoms with Crippen molar-refractivity contribution in [1.29, 1.82) is 0 Å². The number of ketones is 1. The number of ether oxygens (including phenoxy) is 1. The Kier molecular flexibility index (Phi) is 5.92. The van der Waals surface area contributed by atoms with Gasteiger partial charge in [0.1, 0.15) is 6.10 Å². The molecule has 0 radical (unpaired) electrons. The summed E-state index contributed by atoms with van der Waals surface area (Å²) in [5.41, 5.74) is 1.47. The molecule has 0 atom stereocenters. The molecule has 144 valence electrons. The lowest BCUT2D eigenvalue weighted by molar-refractivity contribution is 0.101. The minimum atomic E-state index is -3.65. The third-order valence-corrected chi connectivity index (χ3v) is 6.24. The molecule has 0 saturated heterocycles. The van der Waals surface area contributed by atoms with Crippen LogP contribution in [0.5, 0.6) is 5.88 Å². The Labute approximate surface area is 160 Å². The smallest absolute Gasteiger partial charge is 0.240 e. The number of carbonyl (C=O) groups is 1. The monoisotopic (exact) mass is 388 g/mol. The minimum absolute atomic E-state index is 0.0435. The lowest BCUT2D eigenvalue weighted by Gasteiger charge is -2.29. The van der Waals surface area contributed by atoms with Gasteiger partial charge >= 0.3 is 0 Å². The van der Waals surface area contributed by atoms with E-state index in [-0.39, 0.29) is 22.8 Å². The summed E-state index contributed by atoms with van der Waals surface area (Å²) in [6.45, 7) is 3.39. The number of nitrogens with one attached hydrogen (secondary N) is 1. The van der Waals surface area contributed by atoms with E-state index in [0.717, 1.165) is 18.4 Å². The van der Waals surface area contributed by atoms with Gasteiger partial charge in [-0.25, -0.2) is 18.1 Å². The molecule has 1 aromatic carbocycles. The summed E-state index contributed by atoms with van der Waals surface area (Å²) < 4.78 is 33.9. The topological polar surface area (TPSA) is 85.4 Å². The first-order valence-electron chi connectivity index (χ1n) is 9.06. The fourth-order valence-corrected chi connectivity index (χ4v) is 4.51. The quantitative estimate of drug-likeness (QED) is 0.768. The summed E-state index contributed by atoms with van der Waals surface area (Å²) in [6.07, 6.45) is 4.73. The molecule has 2 aromatic rings. The van der Waals surface area contributed by atoms with E-state index in [9.17, 15) is 13.2 Å². The molecule has 1 fully saturated rings. The third kappa shape index (κ3) is 5.14. The van der Waals surface area contributed by atoms with Crippen molar-refractivity contribution in [2.45, 2.75) is 56.6 Å². The average molecular weight is 388 g/mol. The van der Waals surface area contributed by atoms with Gasteiger partial charge in [-0.15, -0.1) is 0 Å². The molecule has 1 aliphatic carbocycles. The first kappa shape index (κ1) is 19.5. The van der Waals surface area contributed by atoms with E-state index in [0.29, 0.717) is 24.3 Å². The number of hydrogen-bond acceptors (Lipinski definition) is 5. The van der Waals surface area contributed by atoms with Crippen LogP contribution in [0.2, 0.25) is 0 Å². The second-order valence-electron chi connectivity index (χ2n) is 6.97. The summed E-state index contributed by atoms with van der Waals surface area (Å²) in [4.78, 5) is 15.9. The Bertz CT molecular complexity index is 902. The molecule has 1 heterocycles.